The van der Waals surface area contributed by atoms with Gasteiger partial charge in [0.1, 0.15) is 0 Å². The molecule has 1 heterocycles. The maximum Gasteiger partial charge on any atom is 0.153 e. The average molecular weight is 284 g/mol. The topological polar surface area (TPSA) is 17.3 Å². The van der Waals surface area contributed by atoms with E-state index in [1.165, 1.54) is 22.7 Å². The van der Waals surface area contributed by atoms with E-state index in [4.69, 9.17) is 12.2 Å². The minimum Gasteiger partial charge on any atom is -0.290 e. The minimum atomic E-state index is 0.900. The fourth-order valence-corrected chi connectivity index (χ4v) is 2.93. The Labute approximate surface area is 120 Å². The van der Waals surface area contributed by atoms with Crippen LogP contribution >= 0.6 is 24.2 Å². The maximum absolute atomic E-state index is 5.18. The highest BCUT2D eigenvalue weighted by Gasteiger charge is 2.06. The summed E-state index contributed by atoms with van der Waals surface area (Å²) in [5.41, 5.74) is 3.64. The van der Waals surface area contributed by atoms with Gasteiger partial charge in [-0.05, 0) is 23.4 Å². The van der Waals surface area contributed by atoms with Gasteiger partial charge in [-0.1, -0.05) is 54.7 Å². The molecule has 3 aromatic rings. The van der Waals surface area contributed by atoms with Gasteiger partial charge in [0.05, 0.1) is 11.0 Å². The van der Waals surface area contributed by atoms with Gasteiger partial charge >= 0.3 is 0 Å². The maximum atomic E-state index is 5.18. The quantitative estimate of drug-likeness (QED) is 0.405. The summed E-state index contributed by atoms with van der Waals surface area (Å²) in [6, 6.07) is 16.6. The normalized spacial score (nSPS) is 12.2. The number of benzene rings is 2. The van der Waals surface area contributed by atoms with Crippen LogP contribution in [0.3, 0.4) is 0 Å². The lowest BCUT2D eigenvalue weighted by Crippen LogP contribution is -2.20. The van der Waals surface area contributed by atoms with Gasteiger partial charge < -0.3 is 0 Å². The molecule has 0 spiro atoms. The SMILES string of the molecule is CS/N=c1/c2ccccc2c2ccccc2n1C=S. The number of nitrogens with zero attached hydrogens (tertiary/aromatic N) is 2. The number of hydrogen-bond donors (Lipinski definition) is 0. The van der Waals surface area contributed by atoms with Crippen LogP contribution in [-0.4, -0.2) is 16.3 Å². The van der Waals surface area contributed by atoms with Crippen molar-refractivity contribution < 1.29 is 0 Å². The third-order valence-corrected chi connectivity index (χ3v) is 3.70. The zero-order chi connectivity index (χ0) is 13.2. The first-order valence-electron chi connectivity index (χ1n) is 5.91. The largest absolute Gasteiger partial charge is 0.290 e. The van der Waals surface area contributed by atoms with E-state index >= 15 is 0 Å². The highest BCUT2D eigenvalue weighted by atomic mass is 32.2. The molecule has 0 unspecified atom stereocenters. The molecule has 3 rings (SSSR count). The molecule has 0 fully saturated rings. The number of fused-ring (bicyclic) bond motifs is 3. The molecule has 0 aliphatic rings. The number of rotatable bonds is 2. The average Bonchev–Trinajstić information content (AvgIpc) is 2.48. The van der Waals surface area contributed by atoms with Crippen molar-refractivity contribution in [2.75, 3.05) is 6.26 Å². The van der Waals surface area contributed by atoms with Gasteiger partial charge in [0.2, 0.25) is 0 Å². The number of para-hydroxylation sites is 1. The van der Waals surface area contributed by atoms with Crippen molar-refractivity contribution in [1.29, 1.82) is 0 Å². The molecule has 4 heteroatoms. The van der Waals surface area contributed by atoms with Gasteiger partial charge in [-0.25, -0.2) is 0 Å². The number of thiocarbonyl (C=S) groups is 1. The molecule has 0 saturated carbocycles. The minimum absolute atomic E-state index is 0.900. The predicted octanol–water partition coefficient (Wildman–Crippen LogP) is 3.78. The third-order valence-electron chi connectivity index (χ3n) is 3.13. The molecule has 0 amide bonds. The zero-order valence-electron chi connectivity index (χ0n) is 10.4. The van der Waals surface area contributed by atoms with Crippen molar-refractivity contribution in [3.63, 3.8) is 0 Å². The van der Waals surface area contributed by atoms with Crippen molar-refractivity contribution >= 4 is 51.3 Å². The van der Waals surface area contributed by atoms with Crippen molar-refractivity contribution in [2.45, 2.75) is 0 Å². The molecule has 1 aromatic heterocycles. The highest BCUT2D eigenvalue weighted by molar-refractivity contribution is 7.97. The fraction of sp³-hybridized carbons (Fsp3) is 0.0667. The Morgan fingerprint density at radius 2 is 1.63 bits per heavy atom. The van der Waals surface area contributed by atoms with E-state index in [0.717, 1.165) is 16.4 Å². The Morgan fingerprint density at radius 3 is 2.32 bits per heavy atom. The summed E-state index contributed by atoms with van der Waals surface area (Å²) >= 11 is 6.62. The third kappa shape index (κ3) is 1.97. The molecule has 94 valence electrons. The molecule has 0 aliphatic carbocycles. The molecule has 0 aliphatic heterocycles. The first-order valence-corrected chi connectivity index (χ1v) is 7.56. The van der Waals surface area contributed by atoms with Crippen LogP contribution in [0.4, 0.5) is 0 Å². The summed E-state index contributed by atoms with van der Waals surface area (Å²) in [6.45, 7) is 0. The first kappa shape index (κ1) is 12.4. The van der Waals surface area contributed by atoms with Crippen molar-refractivity contribution in [2.24, 2.45) is 4.40 Å². The van der Waals surface area contributed by atoms with Crippen LogP contribution in [0.5, 0.6) is 0 Å². The van der Waals surface area contributed by atoms with E-state index in [1.807, 2.05) is 29.0 Å². The Bertz CT molecular complexity index is 834. The van der Waals surface area contributed by atoms with Gasteiger partial charge in [0.25, 0.3) is 0 Å². The fourth-order valence-electron chi connectivity index (χ4n) is 2.35. The second-order valence-corrected chi connectivity index (χ2v) is 4.89. The summed E-state index contributed by atoms with van der Waals surface area (Å²) in [6.07, 6.45) is 1.96. The van der Waals surface area contributed by atoms with Gasteiger partial charge in [0.15, 0.2) is 5.49 Å². The Morgan fingerprint density at radius 1 is 1.00 bits per heavy atom. The van der Waals surface area contributed by atoms with Crippen molar-refractivity contribution in [3.8, 4) is 0 Å². The number of aromatic nitrogens is 1. The lowest BCUT2D eigenvalue weighted by molar-refractivity contribution is 1.15. The predicted molar refractivity (Wildman–Crippen MR) is 87.6 cm³/mol. The van der Waals surface area contributed by atoms with Crippen LogP contribution in [0.25, 0.3) is 21.7 Å². The van der Waals surface area contributed by atoms with Gasteiger partial charge in [0, 0.05) is 17.0 Å². The standard InChI is InChI=1S/C15H12N2S2/c1-19-16-15-13-8-3-2-6-11(13)12-7-4-5-9-14(12)17(15)10-18/h2-10H,1H3/b16-15-. The number of hydrogen-bond acceptors (Lipinski definition) is 3. The molecule has 2 nitrogen and oxygen atoms in total. The monoisotopic (exact) mass is 284 g/mol. The molecular weight excluding hydrogens is 272 g/mol. The Kier molecular flexibility index (Phi) is 3.36. The van der Waals surface area contributed by atoms with Crippen LogP contribution in [-0.2, 0) is 0 Å². The van der Waals surface area contributed by atoms with E-state index in [1.54, 1.807) is 5.49 Å². The summed E-state index contributed by atoms with van der Waals surface area (Å²) in [4.78, 5) is 0. The van der Waals surface area contributed by atoms with Crippen LogP contribution in [0.15, 0.2) is 52.9 Å². The highest BCUT2D eigenvalue weighted by Crippen LogP contribution is 2.22. The summed E-state index contributed by atoms with van der Waals surface area (Å²) in [7, 11) is 0. The molecular formula is C15H12N2S2. The van der Waals surface area contributed by atoms with E-state index in [0.29, 0.717) is 0 Å². The molecule has 0 bridgehead atoms. The van der Waals surface area contributed by atoms with Gasteiger partial charge in [-0.15, -0.1) is 0 Å². The van der Waals surface area contributed by atoms with Crippen LogP contribution < -0.4 is 5.49 Å². The van der Waals surface area contributed by atoms with Crippen molar-refractivity contribution in [1.82, 2.24) is 4.57 Å². The summed E-state index contributed by atoms with van der Waals surface area (Å²) in [5.74, 6) is 0. The Hall–Kier alpha value is -1.65. The van der Waals surface area contributed by atoms with E-state index in [2.05, 4.69) is 34.7 Å². The van der Waals surface area contributed by atoms with Gasteiger partial charge in [-0.3, -0.25) is 4.57 Å². The van der Waals surface area contributed by atoms with E-state index in [9.17, 15) is 0 Å². The molecule has 0 radical (unpaired) electrons. The molecule has 2 aromatic carbocycles. The van der Waals surface area contributed by atoms with Gasteiger partial charge in [-0.2, -0.15) is 4.40 Å². The van der Waals surface area contributed by atoms with Crippen LogP contribution in [0.2, 0.25) is 0 Å². The first-order chi connectivity index (χ1) is 9.36. The van der Waals surface area contributed by atoms with Crippen molar-refractivity contribution in [3.05, 3.63) is 54.0 Å². The lowest BCUT2D eigenvalue weighted by Gasteiger charge is -2.10. The Balaban J connectivity index is 2.69. The lowest BCUT2D eigenvalue weighted by atomic mass is 10.1. The summed E-state index contributed by atoms with van der Waals surface area (Å²) in [5, 5.41) is 3.52. The number of pyridine rings is 1. The molecule has 0 N–H and O–H groups in total. The molecule has 0 saturated heterocycles. The van der Waals surface area contributed by atoms with E-state index in [-0.39, 0.29) is 0 Å². The smallest absolute Gasteiger partial charge is 0.153 e. The molecule has 19 heavy (non-hydrogen) atoms. The second-order valence-electron chi connectivity index (χ2n) is 4.14. The second kappa shape index (κ2) is 5.15. The van der Waals surface area contributed by atoms with Crippen LogP contribution in [0.1, 0.15) is 0 Å². The van der Waals surface area contributed by atoms with E-state index < -0.39 is 0 Å². The van der Waals surface area contributed by atoms with Crippen LogP contribution in [0, 0.1) is 0 Å². The summed E-state index contributed by atoms with van der Waals surface area (Å²) < 4.78 is 6.51. The molecule has 0 atom stereocenters. The zero-order valence-corrected chi connectivity index (χ0v) is 12.0.